The molecular weight excluding hydrogens is 406 g/mol. The van der Waals surface area contributed by atoms with Crippen molar-refractivity contribution in [2.24, 2.45) is 0 Å². The van der Waals surface area contributed by atoms with Gasteiger partial charge in [0.25, 0.3) is 0 Å². The van der Waals surface area contributed by atoms with Crippen molar-refractivity contribution in [2.75, 3.05) is 0 Å². The molecule has 8 nitrogen and oxygen atoms in total. The summed E-state index contributed by atoms with van der Waals surface area (Å²) < 4.78 is 10.5. The maximum atomic E-state index is 6.77. The van der Waals surface area contributed by atoms with Crippen LogP contribution in [-0.4, -0.2) is 42.2 Å². The van der Waals surface area contributed by atoms with Crippen molar-refractivity contribution < 1.29 is 4.43 Å². The average Bonchev–Trinajstić information content (AvgIpc) is 3.47. The summed E-state index contributed by atoms with van der Waals surface area (Å²) in [6, 6.07) is 7.20. The van der Waals surface area contributed by atoms with Crippen LogP contribution in [0.3, 0.4) is 0 Å². The molecule has 4 heterocycles. The van der Waals surface area contributed by atoms with Crippen LogP contribution in [-0.2, 0) is 10.0 Å². The Labute approximate surface area is 183 Å². The topological polar surface area (TPSA) is 83.0 Å². The van der Waals surface area contributed by atoms with Crippen molar-refractivity contribution in [3.05, 3.63) is 55.1 Å². The monoisotopic (exact) mass is 435 g/mol. The van der Waals surface area contributed by atoms with Gasteiger partial charge in [-0.1, -0.05) is 20.8 Å². The van der Waals surface area contributed by atoms with Crippen molar-refractivity contribution in [3.8, 4) is 17.3 Å². The van der Waals surface area contributed by atoms with E-state index in [2.05, 4.69) is 54.6 Å². The molecule has 0 aromatic carbocycles. The van der Waals surface area contributed by atoms with Crippen LogP contribution >= 0.6 is 0 Å². The van der Waals surface area contributed by atoms with Crippen LogP contribution in [0, 0.1) is 0 Å². The van der Waals surface area contributed by atoms with Crippen molar-refractivity contribution in [2.45, 2.75) is 58.4 Å². The number of fused-ring (bicyclic) bond motifs is 1. The lowest BCUT2D eigenvalue weighted by atomic mass is 10.1. The standard InChI is InChI=1S/C22H29N7OSi/c1-6-31(7-2,8-3)30-22(4,5)19-10-13-29-18(15-25-21(29)27-19)17-9-11-24-20(26-17)28-14-12-23-16-28/h9-16H,6-8H2,1-5H3. The minimum absolute atomic E-state index is 0.467. The molecule has 0 unspecified atom stereocenters. The first-order valence-corrected chi connectivity index (χ1v) is 13.3. The number of rotatable bonds is 8. The molecule has 31 heavy (non-hydrogen) atoms. The van der Waals surface area contributed by atoms with Gasteiger partial charge in [0.1, 0.15) is 6.33 Å². The minimum Gasteiger partial charge on any atom is -0.406 e. The Kier molecular flexibility index (Phi) is 5.72. The van der Waals surface area contributed by atoms with E-state index < -0.39 is 13.9 Å². The zero-order chi connectivity index (χ0) is 22.1. The molecule has 0 radical (unpaired) electrons. The van der Waals surface area contributed by atoms with Gasteiger partial charge in [-0.3, -0.25) is 8.97 Å². The Bertz CT molecular complexity index is 1160. The summed E-state index contributed by atoms with van der Waals surface area (Å²) in [6.07, 6.45) is 10.7. The van der Waals surface area contributed by atoms with Crippen LogP contribution in [0.2, 0.25) is 18.1 Å². The smallest absolute Gasteiger partial charge is 0.235 e. The average molecular weight is 436 g/mol. The van der Waals surface area contributed by atoms with Crippen molar-refractivity contribution >= 4 is 14.1 Å². The fourth-order valence-electron chi connectivity index (χ4n) is 3.95. The zero-order valence-corrected chi connectivity index (χ0v) is 19.8. The molecule has 0 atom stereocenters. The van der Waals surface area contributed by atoms with Crippen LogP contribution < -0.4 is 0 Å². The van der Waals surface area contributed by atoms with E-state index in [0.717, 1.165) is 35.2 Å². The van der Waals surface area contributed by atoms with Gasteiger partial charge in [-0.2, -0.15) is 0 Å². The molecule has 0 bridgehead atoms. The lowest BCUT2D eigenvalue weighted by molar-refractivity contribution is 0.0894. The number of imidazole rings is 2. The molecule has 162 valence electrons. The van der Waals surface area contributed by atoms with E-state index in [1.165, 1.54) is 0 Å². The van der Waals surface area contributed by atoms with Crippen molar-refractivity contribution in [3.63, 3.8) is 0 Å². The van der Waals surface area contributed by atoms with E-state index in [4.69, 9.17) is 9.41 Å². The zero-order valence-electron chi connectivity index (χ0n) is 18.8. The SMILES string of the molecule is CC[Si](CC)(CC)OC(C)(C)c1ccn2c(-c3ccnc(-n4ccnc4)n3)cnc2n1. The highest BCUT2D eigenvalue weighted by atomic mass is 28.4. The van der Waals surface area contributed by atoms with Gasteiger partial charge in [-0.15, -0.1) is 0 Å². The second kappa shape index (κ2) is 8.31. The highest BCUT2D eigenvalue weighted by Gasteiger charge is 2.37. The normalized spacial score (nSPS) is 12.5. The van der Waals surface area contributed by atoms with E-state index in [1.54, 1.807) is 29.5 Å². The Morgan fingerprint density at radius 3 is 2.42 bits per heavy atom. The summed E-state index contributed by atoms with van der Waals surface area (Å²) in [5, 5.41) is 0. The van der Waals surface area contributed by atoms with Crippen LogP contribution in [0.1, 0.15) is 40.3 Å². The Hall–Kier alpha value is -2.91. The minimum atomic E-state index is -1.77. The van der Waals surface area contributed by atoms with Crippen molar-refractivity contribution in [1.29, 1.82) is 0 Å². The van der Waals surface area contributed by atoms with Crippen LogP contribution in [0.5, 0.6) is 0 Å². The lowest BCUT2D eigenvalue weighted by Gasteiger charge is -2.37. The van der Waals surface area contributed by atoms with Gasteiger partial charge in [-0.25, -0.2) is 24.9 Å². The first kappa shape index (κ1) is 21.3. The molecule has 0 spiro atoms. The molecule has 0 saturated heterocycles. The second-order valence-corrected chi connectivity index (χ2v) is 12.9. The number of hydrogen-bond acceptors (Lipinski definition) is 6. The molecule has 4 aromatic heterocycles. The second-order valence-electron chi connectivity index (χ2n) is 8.19. The number of nitrogens with zero attached hydrogens (tertiary/aromatic N) is 7. The highest BCUT2D eigenvalue weighted by molar-refractivity contribution is 6.73. The van der Waals surface area contributed by atoms with E-state index in [1.807, 2.05) is 28.9 Å². The number of aromatic nitrogens is 7. The third-order valence-corrected chi connectivity index (χ3v) is 10.9. The van der Waals surface area contributed by atoms with Crippen LogP contribution in [0.4, 0.5) is 0 Å². The fraction of sp³-hybridized carbons (Fsp3) is 0.409. The largest absolute Gasteiger partial charge is 0.406 e. The lowest BCUT2D eigenvalue weighted by Crippen LogP contribution is -2.43. The molecule has 0 amide bonds. The Morgan fingerprint density at radius 1 is 0.968 bits per heavy atom. The maximum Gasteiger partial charge on any atom is 0.235 e. The predicted molar refractivity (Wildman–Crippen MR) is 122 cm³/mol. The molecular formula is C22H29N7OSi. The molecule has 0 aliphatic heterocycles. The summed E-state index contributed by atoms with van der Waals surface area (Å²) in [6.45, 7) is 11.0. The molecule has 0 N–H and O–H groups in total. The van der Waals surface area contributed by atoms with Gasteiger partial charge in [0.05, 0.1) is 28.9 Å². The third-order valence-electron chi connectivity index (χ3n) is 6.04. The van der Waals surface area contributed by atoms with E-state index in [-0.39, 0.29) is 0 Å². The molecule has 9 heteroatoms. The summed E-state index contributed by atoms with van der Waals surface area (Å²) in [5.41, 5.74) is 2.05. The molecule has 0 fully saturated rings. The first-order chi connectivity index (χ1) is 14.9. The highest BCUT2D eigenvalue weighted by Crippen LogP contribution is 2.33. The third kappa shape index (κ3) is 4.02. The Balaban J connectivity index is 1.68. The quantitative estimate of drug-likeness (QED) is 0.375. The molecule has 4 aromatic rings. The molecule has 0 aliphatic rings. The summed E-state index contributed by atoms with van der Waals surface area (Å²) >= 11 is 0. The van der Waals surface area contributed by atoms with E-state index >= 15 is 0 Å². The van der Waals surface area contributed by atoms with Gasteiger partial charge >= 0.3 is 0 Å². The van der Waals surface area contributed by atoms with Gasteiger partial charge in [0, 0.05) is 24.8 Å². The predicted octanol–water partition coefficient (Wildman–Crippen LogP) is 4.63. The molecule has 0 aliphatic carbocycles. The first-order valence-electron chi connectivity index (χ1n) is 10.8. The summed E-state index contributed by atoms with van der Waals surface area (Å²) in [4.78, 5) is 22.4. The number of hydrogen-bond donors (Lipinski definition) is 0. The summed E-state index contributed by atoms with van der Waals surface area (Å²) in [5.74, 6) is 1.19. The Morgan fingerprint density at radius 2 is 1.74 bits per heavy atom. The summed E-state index contributed by atoms with van der Waals surface area (Å²) in [7, 11) is -1.77. The fourth-order valence-corrected chi connectivity index (χ4v) is 7.07. The van der Waals surface area contributed by atoms with Crippen LogP contribution in [0.15, 0.2) is 49.4 Å². The van der Waals surface area contributed by atoms with Gasteiger partial charge in [0.15, 0.2) is 8.32 Å². The van der Waals surface area contributed by atoms with E-state index in [9.17, 15) is 0 Å². The van der Waals surface area contributed by atoms with Gasteiger partial charge in [0.2, 0.25) is 11.7 Å². The molecule has 4 rings (SSSR count). The molecule has 0 saturated carbocycles. The van der Waals surface area contributed by atoms with Gasteiger partial charge < -0.3 is 4.43 Å². The maximum absolute atomic E-state index is 6.77. The van der Waals surface area contributed by atoms with E-state index in [0.29, 0.717) is 11.7 Å². The van der Waals surface area contributed by atoms with Gasteiger partial charge in [-0.05, 0) is 44.1 Å². The van der Waals surface area contributed by atoms with Crippen LogP contribution in [0.25, 0.3) is 23.1 Å². The van der Waals surface area contributed by atoms with Crippen molar-refractivity contribution in [1.82, 2.24) is 33.9 Å².